The summed E-state index contributed by atoms with van der Waals surface area (Å²) in [4.78, 5) is 0. The Balaban J connectivity index is 1.97. The summed E-state index contributed by atoms with van der Waals surface area (Å²) in [5.74, 6) is 1.62. The summed E-state index contributed by atoms with van der Waals surface area (Å²) in [6.07, 6.45) is 3.26. The predicted octanol–water partition coefficient (Wildman–Crippen LogP) is 0.415. The second-order valence-electron chi connectivity index (χ2n) is 2.58. The van der Waals surface area contributed by atoms with Gasteiger partial charge in [-0.05, 0) is 0 Å². The van der Waals surface area contributed by atoms with Gasteiger partial charge in [-0.2, -0.15) is 0 Å². The molecule has 0 aromatic carbocycles. The monoisotopic (exact) mass is 179 g/mol. The number of hydrogen-bond acceptors (Lipinski definition) is 5. The Labute approximate surface area is 74.5 Å². The molecule has 0 amide bonds. The van der Waals surface area contributed by atoms with Gasteiger partial charge >= 0.3 is 0 Å². The molecule has 0 atom stereocenters. The van der Waals surface area contributed by atoms with Gasteiger partial charge in [0.25, 0.3) is 0 Å². The molecule has 0 saturated heterocycles. The van der Waals surface area contributed by atoms with E-state index in [2.05, 4.69) is 20.8 Å². The zero-order valence-electron chi connectivity index (χ0n) is 7.14. The van der Waals surface area contributed by atoms with Crippen LogP contribution in [-0.2, 0) is 13.6 Å². The maximum absolute atomic E-state index is 4.91. The maximum atomic E-state index is 4.91. The molecule has 0 aliphatic heterocycles. The molecule has 0 aliphatic carbocycles. The summed E-state index contributed by atoms with van der Waals surface area (Å²) in [6.45, 7) is 0.585. The van der Waals surface area contributed by atoms with Gasteiger partial charge in [0, 0.05) is 13.1 Å². The Hall–Kier alpha value is -1.85. The van der Waals surface area contributed by atoms with Crippen LogP contribution >= 0.6 is 0 Å². The first-order chi connectivity index (χ1) is 6.36. The molecule has 68 valence electrons. The molecule has 0 aliphatic rings. The van der Waals surface area contributed by atoms with Gasteiger partial charge in [0.1, 0.15) is 5.82 Å². The summed E-state index contributed by atoms with van der Waals surface area (Å²) >= 11 is 0. The number of rotatable bonds is 3. The third kappa shape index (κ3) is 1.66. The van der Waals surface area contributed by atoms with E-state index in [1.807, 2.05) is 7.05 Å². The maximum Gasteiger partial charge on any atom is 0.155 e. The molecule has 6 heteroatoms. The molecule has 6 nitrogen and oxygen atoms in total. The average molecular weight is 179 g/mol. The first kappa shape index (κ1) is 7.78. The quantitative estimate of drug-likeness (QED) is 0.739. The molecule has 2 rings (SSSR count). The van der Waals surface area contributed by atoms with Crippen LogP contribution in [0.5, 0.6) is 0 Å². The highest BCUT2D eigenvalue weighted by molar-refractivity contribution is 5.30. The Morgan fingerprint density at radius 2 is 2.54 bits per heavy atom. The van der Waals surface area contributed by atoms with E-state index in [1.54, 1.807) is 23.1 Å². The fourth-order valence-electron chi connectivity index (χ4n) is 0.961. The lowest BCUT2D eigenvalue weighted by Crippen LogP contribution is -2.03. The Morgan fingerprint density at radius 3 is 3.15 bits per heavy atom. The summed E-state index contributed by atoms with van der Waals surface area (Å²) in [5, 5.41) is 14.2. The van der Waals surface area contributed by atoms with E-state index in [4.69, 9.17) is 4.52 Å². The van der Waals surface area contributed by atoms with Gasteiger partial charge in [-0.1, -0.05) is 10.4 Å². The molecule has 1 N–H and O–H groups in total. The summed E-state index contributed by atoms with van der Waals surface area (Å²) in [7, 11) is 1.82. The lowest BCUT2D eigenvalue weighted by molar-refractivity contribution is 0.387. The number of nitrogens with one attached hydrogen (secondary N) is 1. The zero-order chi connectivity index (χ0) is 9.10. The highest BCUT2D eigenvalue weighted by Gasteiger charge is 2.00. The van der Waals surface area contributed by atoms with Crippen molar-refractivity contribution >= 4 is 5.82 Å². The molecule has 2 heterocycles. The lowest BCUT2D eigenvalue weighted by atomic mass is 10.4. The van der Waals surface area contributed by atoms with Crippen LogP contribution in [0.3, 0.4) is 0 Å². The van der Waals surface area contributed by atoms with Crippen LogP contribution in [-0.4, -0.2) is 20.2 Å². The number of nitrogens with zero attached hydrogens (tertiary/aromatic N) is 4. The van der Waals surface area contributed by atoms with Gasteiger partial charge in [-0.15, -0.1) is 5.10 Å². The van der Waals surface area contributed by atoms with Crippen molar-refractivity contribution in [3.05, 3.63) is 24.2 Å². The Morgan fingerprint density at radius 1 is 1.62 bits per heavy atom. The van der Waals surface area contributed by atoms with Gasteiger partial charge in [0.05, 0.1) is 18.9 Å². The topological polar surface area (TPSA) is 68.8 Å². The number of hydrogen-bond donors (Lipinski definition) is 1. The van der Waals surface area contributed by atoms with Gasteiger partial charge in [0.2, 0.25) is 0 Å². The standard InChI is InChI=1S/C7H9N5O/c1-12-7(5-9-11-12)8-4-6-2-3-10-13-6/h2-3,5,8H,4H2,1H3. The first-order valence-corrected chi connectivity index (χ1v) is 3.84. The number of anilines is 1. The van der Waals surface area contributed by atoms with E-state index in [0.717, 1.165) is 11.6 Å². The van der Waals surface area contributed by atoms with Gasteiger partial charge in [-0.25, -0.2) is 4.68 Å². The van der Waals surface area contributed by atoms with E-state index < -0.39 is 0 Å². The van der Waals surface area contributed by atoms with Crippen molar-refractivity contribution < 1.29 is 4.52 Å². The Bertz CT molecular complexity index is 366. The SMILES string of the molecule is Cn1nncc1NCc1ccno1. The van der Waals surface area contributed by atoms with Gasteiger partial charge < -0.3 is 9.84 Å². The number of aryl methyl sites for hydroxylation is 1. The summed E-state index contributed by atoms with van der Waals surface area (Å²) in [6, 6.07) is 1.80. The van der Waals surface area contributed by atoms with E-state index in [1.165, 1.54) is 0 Å². The van der Waals surface area contributed by atoms with Crippen molar-refractivity contribution in [2.75, 3.05) is 5.32 Å². The highest BCUT2D eigenvalue weighted by Crippen LogP contribution is 2.04. The minimum absolute atomic E-state index is 0.585. The van der Waals surface area contributed by atoms with Crippen molar-refractivity contribution in [3.8, 4) is 0 Å². The zero-order valence-corrected chi connectivity index (χ0v) is 7.14. The van der Waals surface area contributed by atoms with Crippen molar-refractivity contribution in [2.45, 2.75) is 6.54 Å². The van der Waals surface area contributed by atoms with Crippen LogP contribution in [0.1, 0.15) is 5.76 Å². The van der Waals surface area contributed by atoms with E-state index in [9.17, 15) is 0 Å². The van der Waals surface area contributed by atoms with E-state index in [-0.39, 0.29) is 0 Å². The summed E-state index contributed by atoms with van der Waals surface area (Å²) < 4.78 is 6.56. The fraction of sp³-hybridized carbons (Fsp3) is 0.286. The van der Waals surface area contributed by atoms with Crippen LogP contribution in [0.4, 0.5) is 5.82 Å². The molecule has 0 spiro atoms. The van der Waals surface area contributed by atoms with Crippen molar-refractivity contribution in [1.29, 1.82) is 0 Å². The normalized spacial score (nSPS) is 10.2. The van der Waals surface area contributed by atoms with Crippen molar-refractivity contribution in [3.63, 3.8) is 0 Å². The molecule has 0 fully saturated rings. The molecule has 2 aromatic heterocycles. The molecular formula is C7H9N5O. The third-order valence-corrected chi connectivity index (χ3v) is 1.65. The van der Waals surface area contributed by atoms with Gasteiger partial charge in [0.15, 0.2) is 5.76 Å². The van der Waals surface area contributed by atoms with Crippen molar-refractivity contribution in [1.82, 2.24) is 20.2 Å². The largest absolute Gasteiger partial charge is 0.362 e. The van der Waals surface area contributed by atoms with E-state index >= 15 is 0 Å². The van der Waals surface area contributed by atoms with Crippen LogP contribution in [0.15, 0.2) is 23.0 Å². The molecule has 13 heavy (non-hydrogen) atoms. The molecule has 0 radical (unpaired) electrons. The highest BCUT2D eigenvalue weighted by atomic mass is 16.5. The lowest BCUT2D eigenvalue weighted by Gasteiger charge is -2.01. The van der Waals surface area contributed by atoms with Crippen molar-refractivity contribution in [2.24, 2.45) is 7.05 Å². The molecule has 2 aromatic rings. The van der Waals surface area contributed by atoms with Crippen LogP contribution < -0.4 is 5.32 Å². The average Bonchev–Trinajstić information content (AvgIpc) is 2.72. The molecule has 0 saturated carbocycles. The minimum atomic E-state index is 0.585. The fourth-order valence-corrected chi connectivity index (χ4v) is 0.961. The van der Waals surface area contributed by atoms with Crippen LogP contribution in [0.2, 0.25) is 0 Å². The predicted molar refractivity (Wildman–Crippen MR) is 44.8 cm³/mol. The van der Waals surface area contributed by atoms with Gasteiger partial charge in [-0.3, -0.25) is 0 Å². The second kappa shape index (κ2) is 3.26. The first-order valence-electron chi connectivity index (χ1n) is 3.84. The molecule has 0 bridgehead atoms. The van der Waals surface area contributed by atoms with E-state index in [0.29, 0.717) is 6.54 Å². The smallest absolute Gasteiger partial charge is 0.155 e. The minimum Gasteiger partial charge on any atom is -0.362 e. The van der Waals surface area contributed by atoms with Crippen LogP contribution in [0, 0.1) is 0 Å². The molecular weight excluding hydrogens is 170 g/mol. The summed E-state index contributed by atoms with van der Waals surface area (Å²) in [5.41, 5.74) is 0. The van der Waals surface area contributed by atoms with Crippen LogP contribution in [0.25, 0.3) is 0 Å². The number of aromatic nitrogens is 4. The second-order valence-corrected chi connectivity index (χ2v) is 2.58. The third-order valence-electron chi connectivity index (χ3n) is 1.65. The Kier molecular flexibility index (Phi) is 1.95. The molecule has 0 unspecified atom stereocenters.